The van der Waals surface area contributed by atoms with Crippen molar-refractivity contribution in [2.24, 2.45) is 0 Å². The van der Waals surface area contributed by atoms with Crippen LogP contribution in [0.1, 0.15) is 12.0 Å². The fourth-order valence-electron chi connectivity index (χ4n) is 0.999. The van der Waals surface area contributed by atoms with Crippen LogP contribution in [0, 0.1) is 0 Å². The maximum atomic E-state index is 9.07. The Morgan fingerprint density at radius 2 is 2.15 bits per heavy atom. The van der Waals surface area contributed by atoms with E-state index >= 15 is 0 Å². The van der Waals surface area contributed by atoms with Gasteiger partial charge >= 0.3 is 0 Å². The van der Waals surface area contributed by atoms with Crippen molar-refractivity contribution in [1.29, 1.82) is 0 Å². The van der Waals surface area contributed by atoms with Gasteiger partial charge in [-0.3, -0.25) is 0 Å². The minimum absolute atomic E-state index is 0.133. The molecule has 0 bridgehead atoms. The molecule has 0 saturated carbocycles. The van der Waals surface area contributed by atoms with Crippen molar-refractivity contribution in [2.75, 3.05) is 12.3 Å². The standard InChI is InChI=1S/C10H13NO2/c11-10-7-9(13)5-4-8(10)3-1-2-6-12/h1,3-5,7,12-13H,2,6,11H2. The average Bonchev–Trinajstić information content (AvgIpc) is 2.09. The molecule has 0 aromatic heterocycles. The number of hydrogen-bond acceptors (Lipinski definition) is 3. The van der Waals surface area contributed by atoms with E-state index in [4.69, 9.17) is 15.9 Å². The fourth-order valence-corrected chi connectivity index (χ4v) is 0.999. The molecule has 0 aliphatic rings. The predicted octanol–water partition coefficient (Wildman–Crippen LogP) is 1.37. The quantitative estimate of drug-likeness (QED) is 0.614. The van der Waals surface area contributed by atoms with Crippen LogP contribution >= 0.6 is 0 Å². The summed E-state index contributed by atoms with van der Waals surface area (Å²) in [6.07, 6.45) is 4.27. The molecule has 0 fully saturated rings. The van der Waals surface area contributed by atoms with E-state index in [2.05, 4.69) is 0 Å². The van der Waals surface area contributed by atoms with Gasteiger partial charge in [-0.15, -0.1) is 0 Å². The summed E-state index contributed by atoms with van der Waals surface area (Å²) < 4.78 is 0. The summed E-state index contributed by atoms with van der Waals surface area (Å²) in [5, 5.41) is 17.6. The number of aliphatic hydroxyl groups is 1. The summed E-state index contributed by atoms with van der Waals surface area (Å²) in [5.41, 5.74) is 7.02. The van der Waals surface area contributed by atoms with Crippen LogP contribution in [-0.2, 0) is 0 Å². The largest absolute Gasteiger partial charge is 0.508 e. The zero-order valence-electron chi connectivity index (χ0n) is 7.27. The molecule has 1 aromatic rings. The third-order valence-corrected chi connectivity index (χ3v) is 1.66. The van der Waals surface area contributed by atoms with Crippen LogP contribution in [0.3, 0.4) is 0 Å². The lowest BCUT2D eigenvalue weighted by molar-refractivity contribution is 0.303. The van der Waals surface area contributed by atoms with Crippen LogP contribution in [0.25, 0.3) is 6.08 Å². The number of aliphatic hydroxyl groups excluding tert-OH is 1. The fraction of sp³-hybridized carbons (Fsp3) is 0.200. The topological polar surface area (TPSA) is 66.5 Å². The van der Waals surface area contributed by atoms with E-state index in [9.17, 15) is 0 Å². The van der Waals surface area contributed by atoms with Gasteiger partial charge in [-0.1, -0.05) is 12.2 Å². The third-order valence-electron chi connectivity index (χ3n) is 1.66. The first-order valence-corrected chi connectivity index (χ1v) is 4.10. The summed E-state index contributed by atoms with van der Waals surface area (Å²) in [5.74, 6) is 0.164. The lowest BCUT2D eigenvalue weighted by Crippen LogP contribution is -1.88. The molecule has 3 nitrogen and oxygen atoms in total. The first-order chi connectivity index (χ1) is 6.24. The van der Waals surface area contributed by atoms with Gasteiger partial charge in [0.1, 0.15) is 5.75 Å². The van der Waals surface area contributed by atoms with Gasteiger partial charge in [-0.2, -0.15) is 0 Å². The van der Waals surface area contributed by atoms with Crippen molar-refractivity contribution >= 4 is 11.8 Å². The zero-order valence-corrected chi connectivity index (χ0v) is 7.27. The second-order valence-electron chi connectivity index (χ2n) is 2.73. The van der Waals surface area contributed by atoms with Gasteiger partial charge in [0, 0.05) is 18.4 Å². The molecule has 70 valence electrons. The molecule has 1 rings (SSSR count). The van der Waals surface area contributed by atoms with Crippen LogP contribution in [0.2, 0.25) is 0 Å². The van der Waals surface area contributed by atoms with E-state index in [1.54, 1.807) is 12.1 Å². The first-order valence-electron chi connectivity index (χ1n) is 4.10. The number of anilines is 1. The summed E-state index contributed by atoms with van der Waals surface area (Å²) >= 11 is 0. The van der Waals surface area contributed by atoms with Gasteiger partial charge < -0.3 is 15.9 Å². The minimum atomic E-state index is 0.133. The number of phenols is 1. The third kappa shape index (κ3) is 2.80. The van der Waals surface area contributed by atoms with E-state index in [0.29, 0.717) is 12.1 Å². The van der Waals surface area contributed by atoms with Gasteiger partial charge in [0.25, 0.3) is 0 Å². The van der Waals surface area contributed by atoms with Crippen molar-refractivity contribution in [3.63, 3.8) is 0 Å². The van der Waals surface area contributed by atoms with E-state index in [0.717, 1.165) is 5.56 Å². The Kier molecular flexibility index (Phi) is 3.34. The lowest BCUT2D eigenvalue weighted by atomic mass is 10.1. The Morgan fingerprint density at radius 3 is 2.77 bits per heavy atom. The Labute approximate surface area is 77.1 Å². The second kappa shape index (κ2) is 4.52. The number of nitrogens with two attached hydrogens (primary N) is 1. The normalized spacial score (nSPS) is 10.8. The van der Waals surface area contributed by atoms with Crippen molar-refractivity contribution in [2.45, 2.75) is 6.42 Å². The molecular weight excluding hydrogens is 166 g/mol. The molecular formula is C10H13NO2. The summed E-state index contributed by atoms with van der Waals surface area (Å²) in [6.45, 7) is 0.133. The highest BCUT2D eigenvalue weighted by Gasteiger charge is 1.95. The highest BCUT2D eigenvalue weighted by atomic mass is 16.3. The van der Waals surface area contributed by atoms with Crippen LogP contribution in [0.5, 0.6) is 5.75 Å². The molecule has 0 amide bonds. The lowest BCUT2D eigenvalue weighted by Gasteiger charge is -2.00. The average molecular weight is 179 g/mol. The number of rotatable bonds is 3. The highest BCUT2D eigenvalue weighted by molar-refractivity contribution is 5.65. The number of aromatic hydroxyl groups is 1. The molecule has 0 aliphatic heterocycles. The highest BCUT2D eigenvalue weighted by Crippen LogP contribution is 2.19. The molecule has 0 unspecified atom stereocenters. The monoisotopic (exact) mass is 179 g/mol. The van der Waals surface area contributed by atoms with Gasteiger partial charge in [-0.05, 0) is 24.1 Å². The Hall–Kier alpha value is -1.48. The van der Waals surface area contributed by atoms with E-state index < -0.39 is 0 Å². The molecule has 0 spiro atoms. The van der Waals surface area contributed by atoms with Crippen LogP contribution in [0.15, 0.2) is 24.3 Å². The Bertz CT molecular complexity index is 308. The van der Waals surface area contributed by atoms with Crippen molar-refractivity contribution in [1.82, 2.24) is 0 Å². The zero-order chi connectivity index (χ0) is 9.68. The predicted molar refractivity (Wildman–Crippen MR) is 53.3 cm³/mol. The van der Waals surface area contributed by atoms with Gasteiger partial charge in [0.2, 0.25) is 0 Å². The van der Waals surface area contributed by atoms with E-state index in [1.165, 1.54) is 6.07 Å². The maximum Gasteiger partial charge on any atom is 0.117 e. The summed E-state index contributed by atoms with van der Waals surface area (Å²) in [7, 11) is 0. The molecule has 1 aromatic carbocycles. The van der Waals surface area contributed by atoms with Crippen LogP contribution in [-0.4, -0.2) is 16.8 Å². The summed E-state index contributed by atoms with van der Waals surface area (Å²) in [6, 6.07) is 4.81. The molecule has 13 heavy (non-hydrogen) atoms. The Balaban J connectivity index is 2.77. The molecule has 4 N–H and O–H groups in total. The van der Waals surface area contributed by atoms with Crippen molar-refractivity contribution in [3.05, 3.63) is 29.8 Å². The first kappa shape index (κ1) is 9.61. The van der Waals surface area contributed by atoms with Crippen LogP contribution < -0.4 is 5.73 Å². The number of nitrogen functional groups attached to an aromatic ring is 1. The number of benzene rings is 1. The molecule has 0 atom stereocenters. The molecule has 3 heteroatoms. The molecule has 0 heterocycles. The van der Waals surface area contributed by atoms with Gasteiger partial charge in [0.15, 0.2) is 0 Å². The summed E-state index contributed by atoms with van der Waals surface area (Å²) in [4.78, 5) is 0. The Morgan fingerprint density at radius 1 is 1.38 bits per heavy atom. The number of phenolic OH excluding ortho intramolecular Hbond substituents is 1. The second-order valence-corrected chi connectivity index (χ2v) is 2.73. The van der Waals surface area contributed by atoms with Crippen molar-refractivity contribution in [3.8, 4) is 5.75 Å². The maximum absolute atomic E-state index is 9.07. The molecule has 0 aliphatic carbocycles. The van der Waals surface area contributed by atoms with E-state index in [1.807, 2.05) is 12.2 Å². The van der Waals surface area contributed by atoms with Gasteiger partial charge in [0.05, 0.1) is 0 Å². The SMILES string of the molecule is Nc1cc(O)ccc1C=CCCO. The number of hydrogen-bond donors (Lipinski definition) is 3. The van der Waals surface area contributed by atoms with Crippen LogP contribution in [0.4, 0.5) is 5.69 Å². The molecule has 0 saturated heterocycles. The van der Waals surface area contributed by atoms with Crippen molar-refractivity contribution < 1.29 is 10.2 Å². The van der Waals surface area contributed by atoms with Gasteiger partial charge in [-0.25, -0.2) is 0 Å². The smallest absolute Gasteiger partial charge is 0.117 e. The molecule has 0 radical (unpaired) electrons. The van der Waals surface area contributed by atoms with E-state index in [-0.39, 0.29) is 12.4 Å². The minimum Gasteiger partial charge on any atom is -0.508 e.